The van der Waals surface area contributed by atoms with Gasteiger partial charge in [0.1, 0.15) is 17.7 Å². The molecule has 3 heterocycles. The van der Waals surface area contributed by atoms with Crippen molar-refractivity contribution in [1.82, 2.24) is 10.6 Å². The molecule has 6 rings (SSSR count). The van der Waals surface area contributed by atoms with E-state index in [9.17, 15) is 30.0 Å². The van der Waals surface area contributed by atoms with E-state index in [-0.39, 0.29) is 60.9 Å². The third-order valence-electron chi connectivity index (χ3n) is 13.8. The van der Waals surface area contributed by atoms with Crippen molar-refractivity contribution in [1.29, 1.82) is 0 Å². The van der Waals surface area contributed by atoms with Crippen molar-refractivity contribution in [2.75, 3.05) is 32.9 Å². The number of ether oxygens (including phenoxy) is 3. The van der Waals surface area contributed by atoms with E-state index in [2.05, 4.69) is 10.6 Å². The van der Waals surface area contributed by atoms with Crippen molar-refractivity contribution >= 4 is 17.8 Å². The van der Waals surface area contributed by atoms with Gasteiger partial charge in [0, 0.05) is 49.9 Å². The summed E-state index contributed by atoms with van der Waals surface area (Å²) in [7, 11) is 0. The Balaban J connectivity index is 1.46. The van der Waals surface area contributed by atoms with E-state index in [1.54, 1.807) is 13.0 Å². The molecule has 12 nitrogen and oxygen atoms in total. The lowest BCUT2D eigenvalue weighted by Crippen LogP contribution is -2.65. The minimum absolute atomic E-state index is 0.0196. The number of nitrogens with one attached hydrogen (secondary N) is 2. The van der Waals surface area contributed by atoms with Gasteiger partial charge >= 0.3 is 11.9 Å². The van der Waals surface area contributed by atoms with Crippen LogP contribution in [-0.2, 0) is 23.9 Å². The highest BCUT2D eigenvalue weighted by Crippen LogP contribution is 2.60. The van der Waals surface area contributed by atoms with Crippen molar-refractivity contribution in [3.63, 3.8) is 0 Å². The number of phenolic OH excluding ortho intramolecular Hbond substituents is 1. The number of rotatable bonds is 16. The molecule has 3 fully saturated rings. The summed E-state index contributed by atoms with van der Waals surface area (Å²) in [6.07, 6.45) is 8.20. The van der Waals surface area contributed by atoms with Crippen molar-refractivity contribution < 1.29 is 49.0 Å². The summed E-state index contributed by atoms with van der Waals surface area (Å²) >= 11 is 0. The second-order valence-electron chi connectivity index (χ2n) is 17.1. The number of aliphatic hydroxyl groups is 3. The summed E-state index contributed by atoms with van der Waals surface area (Å²) in [6, 6.07) is 3.71. The summed E-state index contributed by atoms with van der Waals surface area (Å²) in [5.41, 5.74) is 0.336. The monoisotopic (exact) mass is 756 g/mol. The fraction of sp³-hybridized carbons (Fsp3) is 0.786. The van der Waals surface area contributed by atoms with Gasteiger partial charge in [-0.15, -0.1) is 0 Å². The number of piperidine rings is 2. The Bertz CT molecular complexity index is 1460. The third-order valence-corrected chi connectivity index (χ3v) is 13.8. The summed E-state index contributed by atoms with van der Waals surface area (Å²) in [5.74, 6) is -0.485. The average molecular weight is 757 g/mol. The summed E-state index contributed by atoms with van der Waals surface area (Å²) in [5, 5.41) is 47.8. The van der Waals surface area contributed by atoms with E-state index < -0.39 is 41.2 Å². The predicted molar refractivity (Wildman–Crippen MR) is 201 cm³/mol. The Kier molecular flexibility index (Phi) is 13.5. The van der Waals surface area contributed by atoms with Gasteiger partial charge in [-0.25, -0.2) is 4.79 Å². The zero-order chi connectivity index (χ0) is 38.5. The molecule has 0 radical (unpaired) electrons. The maximum absolute atomic E-state index is 15.0. The molecular formula is C42H64N2O10. The molecule has 0 bridgehead atoms. The van der Waals surface area contributed by atoms with Crippen LogP contribution in [0, 0.1) is 23.2 Å². The van der Waals surface area contributed by atoms with Gasteiger partial charge in [0.15, 0.2) is 11.5 Å². The first-order valence-electron chi connectivity index (χ1n) is 20.8. The molecule has 0 unspecified atom stereocenters. The zero-order valence-electron chi connectivity index (χ0n) is 32.4. The maximum atomic E-state index is 15.0. The molecule has 1 saturated carbocycles. The van der Waals surface area contributed by atoms with Crippen LogP contribution in [0.3, 0.4) is 0 Å². The van der Waals surface area contributed by atoms with Gasteiger partial charge in [-0.3, -0.25) is 9.59 Å². The summed E-state index contributed by atoms with van der Waals surface area (Å²) in [4.78, 5) is 40.9. The molecular weight excluding hydrogens is 692 g/mol. The van der Waals surface area contributed by atoms with Crippen LogP contribution in [0.2, 0.25) is 0 Å². The van der Waals surface area contributed by atoms with Crippen LogP contribution in [0.25, 0.3) is 0 Å². The number of aromatic hydroxyl groups is 1. The van der Waals surface area contributed by atoms with Crippen molar-refractivity contribution in [3.05, 3.63) is 23.3 Å². The highest BCUT2D eigenvalue weighted by molar-refractivity contribution is 5.90. The van der Waals surface area contributed by atoms with Gasteiger partial charge < -0.3 is 45.3 Å². The first-order valence-corrected chi connectivity index (χ1v) is 20.8. The van der Waals surface area contributed by atoms with E-state index in [0.717, 1.165) is 43.2 Å². The van der Waals surface area contributed by atoms with Gasteiger partial charge in [0.25, 0.3) is 0 Å². The van der Waals surface area contributed by atoms with Crippen LogP contribution >= 0.6 is 0 Å². The van der Waals surface area contributed by atoms with Crippen LogP contribution in [0.15, 0.2) is 12.1 Å². The van der Waals surface area contributed by atoms with Gasteiger partial charge in [-0.2, -0.15) is 0 Å². The molecule has 2 saturated heterocycles. The van der Waals surface area contributed by atoms with Crippen molar-refractivity contribution in [2.45, 2.75) is 152 Å². The number of aliphatic hydroxyl groups excluding tert-OH is 3. The molecule has 54 heavy (non-hydrogen) atoms. The number of phenols is 1. The number of carbonyl (C=O) groups is 3. The molecule has 9 atom stereocenters. The number of esters is 2. The van der Waals surface area contributed by atoms with E-state index in [4.69, 9.17) is 14.2 Å². The topological polar surface area (TPSA) is 184 Å². The standard InChI is InChI=1S/C42H64N2O10/c1-26(47)8-9-28(6-5-22-45)35(53-27(2)48)24-36(54-40(51)42-17-4-3-7-30(42)10-15-37(50)44-42)41(18-20-43-21-19-41)33-13-11-31-29(16-23-46)25-52-39-34(49)14-12-32(33)38(31)39/h12,14,26,28-31,33,35-36,43,45-47,49H,3-11,13,15-25H2,1-2H3,(H,44,50)/t26-,28-,29+,30-,31+,33+,35-,36+,42-/m0/s1. The highest BCUT2D eigenvalue weighted by atomic mass is 16.6. The molecule has 302 valence electrons. The molecule has 1 aromatic rings. The number of carbonyl (C=O) groups excluding carboxylic acids is 3. The predicted octanol–water partition coefficient (Wildman–Crippen LogP) is 4.74. The Labute approximate surface area is 320 Å². The normalized spacial score (nSPS) is 29.6. The first-order chi connectivity index (χ1) is 26.0. The summed E-state index contributed by atoms with van der Waals surface area (Å²) in [6.45, 7) is 4.96. The molecule has 1 aromatic carbocycles. The largest absolute Gasteiger partial charge is 0.504 e. The zero-order valence-corrected chi connectivity index (χ0v) is 32.4. The molecule has 12 heteroatoms. The molecule has 5 aliphatic rings. The Morgan fingerprint density at radius 1 is 1.00 bits per heavy atom. The van der Waals surface area contributed by atoms with Crippen LogP contribution < -0.4 is 15.4 Å². The van der Waals surface area contributed by atoms with Crippen LogP contribution in [0.4, 0.5) is 0 Å². The summed E-state index contributed by atoms with van der Waals surface area (Å²) < 4.78 is 19.4. The highest BCUT2D eigenvalue weighted by Gasteiger charge is 2.57. The molecule has 2 aliphatic carbocycles. The molecule has 1 amide bonds. The van der Waals surface area contributed by atoms with Gasteiger partial charge in [0.05, 0.1) is 12.7 Å². The number of benzene rings is 1. The average Bonchev–Trinajstić information content (AvgIpc) is 3.16. The lowest BCUT2D eigenvalue weighted by Gasteiger charge is -2.54. The Morgan fingerprint density at radius 3 is 2.52 bits per heavy atom. The van der Waals surface area contributed by atoms with Crippen LogP contribution in [0.5, 0.6) is 11.5 Å². The number of hydrogen-bond acceptors (Lipinski definition) is 11. The lowest BCUT2D eigenvalue weighted by molar-refractivity contribution is -0.182. The van der Waals surface area contributed by atoms with E-state index in [1.165, 1.54) is 6.92 Å². The van der Waals surface area contributed by atoms with Crippen LogP contribution in [-0.4, -0.2) is 95.0 Å². The Hall–Kier alpha value is -2.93. The van der Waals surface area contributed by atoms with Gasteiger partial charge in [-0.05, 0) is 132 Å². The van der Waals surface area contributed by atoms with Crippen molar-refractivity contribution in [3.8, 4) is 11.5 Å². The number of fused-ring (bicyclic) bond motifs is 1. The molecule has 0 spiro atoms. The smallest absolute Gasteiger partial charge is 0.332 e. The van der Waals surface area contributed by atoms with Crippen molar-refractivity contribution in [2.24, 2.45) is 23.2 Å². The van der Waals surface area contributed by atoms with Crippen LogP contribution in [0.1, 0.15) is 140 Å². The van der Waals surface area contributed by atoms with E-state index in [1.807, 2.05) is 6.07 Å². The lowest BCUT2D eigenvalue weighted by atomic mass is 9.56. The van der Waals surface area contributed by atoms with Gasteiger partial charge in [0.2, 0.25) is 5.91 Å². The SMILES string of the molecule is CC(=O)O[C@@H](C[C@@H](OC(=O)[C@]12CCCC[C@H]1CCC(=O)N2)C1([C@@H]2CC[C@H]3c4c2ccc(O)c4OC[C@H]3CCO)CCNCC1)[C@@H](CCCO)CC[C@H](C)O. The Morgan fingerprint density at radius 2 is 1.80 bits per heavy atom. The van der Waals surface area contributed by atoms with Gasteiger partial charge in [-0.1, -0.05) is 18.9 Å². The third kappa shape index (κ3) is 8.42. The van der Waals surface area contributed by atoms with E-state index >= 15 is 4.79 Å². The molecule has 3 aliphatic heterocycles. The quantitative estimate of drug-likeness (QED) is 0.128. The molecule has 6 N–H and O–H groups in total. The second kappa shape index (κ2) is 17.9. The second-order valence-corrected chi connectivity index (χ2v) is 17.1. The maximum Gasteiger partial charge on any atom is 0.332 e. The number of hydrogen-bond donors (Lipinski definition) is 6. The first kappa shape index (κ1) is 40.7. The molecule has 0 aromatic heterocycles. The fourth-order valence-electron chi connectivity index (χ4n) is 11.2. The van der Waals surface area contributed by atoms with E-state index in [0.29, 0.717) is 89.7 Å². The minimum atomic E-state index is -1.11. The minimum Gasteiger partial charge on any atom is -0.504 e. The fourth-order valence-corrected chi connectivity index (χ4v) is 11.2. The number of amides is 1.